The summed E-state index contributed by atoms with van der Waals surface area (Å²) in [6.07, 6.45) is 4.38. The maximum absolute atomic E-state index is 11.5. The van der Waals surface area contributed by atoms with E-state index in [9.17, 15) is 9.90 Å². The molecule has 0 radical (unpaired) electrons. The molecule has 0 aromatic rings. The van der Waals surface area contributed by atoms with Crippen LogP contribution in [0, 0.1) is 0 Å². The van der Waals surface area contributed by atoms with Crippen LogP contribution in [0.5, 0.6) is 0 Å². The highest BCUT2D eigenvalue weighted by Crippen LogP contribution is 2.27. The third-order valence-electron chi connectivity index (χ3n) is 3.64. The Hall–Kier alpha value is -0.650. The van der Waals surface area contributed by atoms with E-state index in [1.165, 1.54) is 0 Å². The molecule has 1 fully saturated rings. The van der Waals surface area contributed by atoms with Crippen LogP contribution in [0.15, 0.2) is 0 Å². The highest BCUT2D eigenvalue weighted by molar-refractivity contribution is 5.78. The molecular formula is C15H29NO4. The van der Waals surface area contributed by atoms with E-state index < -0.39 is 11.5 Å². The molecule has 0 amide bonds. The van der Waals surface area contributed by atoms with E-state index >= 15 is 0 Å². The third kappa shape index (κ3) is 6.20. The lowest BCUT2D eigenvalue weighted by Gasteiger charge is -2.29. The molecule has 0 heterocycles. The van der Waals surface area contributed by atoms with E-state index in [0.717, 1.165) is 19.3 Å². The van der Waals surface area contributed by atoms with Crippen LogP contribution in [-0.2, 0) is 14.3 Å². The minimum absolute atomic E-state index is 0.223. The second-order valence-electron chi connectivity index (χ2n) is 5.79. The first-order chi connectivity index (χ1) is 9.50. The fourth-order valence-corrected chi connectivity index (χ4v) is 2.21. The Morgan fingerprint density at radius 2 is 2.05 bits per heavy atom. The number of nitrogens with one attached hydrogen (secondary N) is 1. The Morgan fingerprint density at radius 1 is 1.35 bits per heavy atom. The summed E-state index contributed by atoms with van der Waals surface area (Å²) in [6.45, 7) is 7.66. The second kappa shape index (κ2) is 8.60. The molecule has 118 valence electrons. The zero-order valence-corrected chi connectivity index (χ0v) is 13.0. The van der Waals surface area contributed by atoms with Crippen LogP contribution in [-0.4, -0.2) is 48.6 Å². The van der Waals surface area contributed by atoms with Crippen molar-refractivity contribution in [3.05, 3.63) is 0 Å². The number of ether oxygens (including phenoxy) is 2. The van der Waals surface area contributed by atoms with Gasteiger partial charge >= 0.3 is 5.97 Å². The van der Waals surface area contributed by atoms with Gasteiger partial charge in [0.05, 0.1) is 19.3 Å². The summed E-state index contributed by atoms with van der Waals surface area (Å²) in [4.78, 5) is 11.5. The average molecular weight is 287 g/mol. The maximum Gasteiger partial charge on any atom is 0.323 e. The number of carbonyl (C=O) groups is 1. The Morgan fingerprint density at radius 3 is 2.55 bits per heavy atom. The Balaban J connectivity index is 2.19. The summed E-state index contributed by atoms with van der Waals surface area (Å²) in [5.41, 5.74) is -0.779. The van der Waals surface area contributed by atoms with Gasteiger partial charge in [-0.3, -0.25) is 10.1 Å². The molecule has 2 N–H and O–H groups in total. The van der Waals surface area contributed by atoms with Gasteiger partial charge < -0.3 is 14.6 Å². The van der Waals surface area contributed by atoms with Gasteiger partial charge in [-0.25, -0.2) is 0 Å². The highest BCUT2D eigenvalue weighted by atomic mass is 16.5. The lowest BCUT2D eigenvalue weighted by molar-refractivity contribution is -0.145. The minimum Gasteiger partial charge on any atom is -0.480 e. The number of carboxylic acid groups (broad SMARTS) is 1. The molecule has 1 unspecified atom stereocenters. The standard InChI is InChI=1S/C15H29NO4/c1-4-15(14(17)18,16-13-6-7-13)8-5-9-19-10-11-20-12(2)3/h12-13,16H,4-11H2,1-3H3,(H,17,18). The molecule has 20 heavy (non-hydrogen) atoms. The summed E-state index contributed by atoms with van der Waals surface area (Å²) in [5.74, 6) is -0.741. The topological polar surface area (TPSA) is 67.8 Å². The van der Waals surface area contributed by atoms with Gasteiger partial charge in [0.2, 0.25) is 0 Å². The predicted octanol–water partition coefficient (Wildman–Crippen LogP) is 2.19. The van der Waals surface area contributed by atoms with Gasteiger partial charge in [0.1, 0.15) is 5.54 Å². The lowest BCUT2D eigenvalue weighted by atomic mass is 9.90. The van der Waals surface area contributed by atoms with Crippen LogP contribution in [0.3, 0.4) is 0 Å². The van der Waals surface area contributed by atoms with Gasteiger partial charge in [-0.1, -0.05) is 6.92 Å². The van der Waals surface area contributed by atoms with E-state index in [0.29, 0.717) is 38.7 Å². The molecule has 5 heteroatoms. The van der Waals surface area contributed by atoms with Crippen molar-refractivity contribution in [2.24, 2.45) is 0 Å². The van der Waals surface area contributed by atoms with Gasteiger partial charge in [-0.15, -0.1) is 0 Å². The SMILES string of the molecule is CCC(CCCOCCOC(C)C)(NC1CC1)C(=O)O. The molecular weight excluding hydrogens is 258 g/mol. The van der Waals surface area contributed by atoms with Crippen LogP contribution >= 0.6 is 0 Å². The Bertz CT molecular complexity index is 292. The highest BCUT2D eigenvalue weighted by Gasteiger charge is 2.40. The van der Waals surface area contributed by atoms with Crippen LogP contribution in [0.4, 0.5) is 0 Å². The van der Waals surface area contributed by atoms with Crippen molar-refractivity contribution in [1.29, 1.82) is 0 Å². The predicted molar refractivity (Wildman–Crippen MR) is 78.0 cm³/mol. The Labute approximate surface area is 122 Å². The average Bonchev–Trinajstić information content (AvgIpc) is 3.19. The molecule has 0 aliphatic heterocycles. The van der Waals surface area contributed by atoms with Crippen molar-refractivity contribution < 1.29 is 19.4 Å². The third-order valence-corrected chi connectivity index (χ3v) is 3.64. The normalized spacial score (nSPS) is 18.2. The number of rotatable bonds is 12. The summed E-state index contributed by atoms with van der Waals surface area (Å²) < 4.78 is 10.9. The first kappa shape index (κ1) is 17.4. The van der Waals surface area contributed by atoms with Crippen molar-refractivity contribution in [3.63, 3.8) is 0 Å². The molecule has 0 aromatic carbocycles. The molecule has 1 atom stereocenters. The van der Waals surface area contributed by atoms with Crippen LogP contribution in [0.2, 0.25) is 0 Å². The molecule has 0 bridgehead atoms. The molecule has 1 saturated carbocycles. The lowest BCUT2D eigenvalue weighted by Crippen LogP contribution is -2.52. The summed E-state index contributed by atoms with van der Waals surface area (Å²) in [5, 5.41) is 12.8. The van der Waals surface area contributed by atoms with E-state index in [-0.39, 0.29) is 6.10 Å². The number of aliphatic carboxylic acids is 1. The van der Waals surface area contributed by atoms with Crippen molar-refractivity contribution in [2.45, 2.75) is 70.6 Å². The van der Waals surface area contributed by atoms with E-state index in [1.54, 1.807) is 0 Å². The minimum atomic E-state index is -0.779. The van der Waals surface area contributed by atoms with E-state index in [2.05, 4.69) is 5.32 Å². The number of hydrogen-bond acceptors (Lipinski definition) is 4. The molecule has 1 aliphatic rings. The van der Waals surface area contributed by atoms with Gasteiger partial charge in [0, 0.05) is 12.6 Å². The van der Waals surface area contributed by atoms with Crippen molar-refractivity contribution in [2.75, 3.05) is 19.8 Å². The van der Waals surface area contributed by atoms with E-state index in [4.69, 9.17) is 9.47 Å². The van der Waals surface area contributed by atoms with Gasteiger partial charge in [0.15, 0.2) is 0 Å². The van der Waals surface area contributed by atoms with Crippen LogP contribution in [0.1, 0.15) is 52.9 Å². The first-order valence-corrected chi connectivity index (χ1v) is 7.70. The maximum atomic E-state index is 11.5. The van der Waals surface area contributed by atoms with Crippen molar-refractivity contribution in [1.82, 2.24) is 5.32 Å². The summed E-state index contributed by atoms with van der Waals surface area (Å²) >= 11 is 0. The molecule has 1 rings (SSSR count). The molecule has 5 nitrogen and oxygen atoms in total. The van der Waals surface area contributed by atoms with Crippen molar-refractivity contribution >= 4 is 5.97 Å². The zero-order chi connectivity index (χ0) is 15.0. The molecule has 0 saturated heterocycles. The Kier molecular flexibility index (Phi) is 7.48. The quantitative estimate of drug-likeness (QED) is 0.539. The van der Waals surface area contributed by atoms with Gasteiger partial charge in [0.25, 0.3) is 0 Å². The molecule has 1 aliphatic carbocycles. The smallest absolute Gasteiger partial charge is 0.323 e. The second-order valence-corrected chi connectivity index (χ2v) is 5.79. The zero-order valence-electron chi connectivity index (χ0n) is 13.0. The largest absolute Gasteiger partial charge is 0.480 e. The monoisotopic (exact) mass is 287 g/mol. The number of hydrogen-bond donors (Lipinski definition) is 2. The fraction of sp³-hybridized carbons (Fsp3) is 0.933. The van der Waals surface area contributed by atoms with Gasteiger partial charge in [-0.05, 0) is 46.0 Å². The van der Waals surface area contributed by atoms with Crippen LogP contribution < -0.4 is 5.32 Å². The fourth-order valence-electron chi connectivity index (χ4n) is 2.21. The summed E-state index contributed by atoms with van der Waals surface area (Å²) in [7, 11) is 0. The first-order valence-electron chi connectivity index (χ1n) is 7.70. The molecule has 0 aromatic heterocycles. The summed E-state index contributed by atoms with van der Waals surface area (Å²) in [6, 6.07) is 0.395. The van der Waals surface area contributed by atoms with Crippen molar-refractivity contribution in [3.8, 4) is 0 Å². The van der Waals surface area contributed by atoms with Crippen LogP contribution in [0.25, 0.3) is 0 Å². The van der Waals surface area contributed by atoms with E-state index in [1.807, 2.05) is 20.8 Å². The van der Waals surface area contributed by atoms with Gasteiger partial charge in [-0.2, -0.15) is 0 Å². The molecule has 0 spiro atoms. The number of carboxylic acids is 1.